The van der Waals surface area contributed by atoms with E-state index >= 15 is 0 Å². The van der Waals surface area contributed by atoms with Crippen LogP contribution in [-0.4, -0.2) is 21.5 Å². The average molecular weight is 619 g/mol. The van der Waals surface area contributed by atoms with Crippen molar-refractivity contribution in [3.05, 3.63) is 144 Å². The molecule has 2 aliphatic rings. The third-order valence-electron chi connectivity index (χ3n) is 5.69. The SMILES string of the molecule is O=C1C=CC=C/C1=C/Nc1nc(-c2ccccc2)cs1.O=C1C=CC=C/C1=C/Nc1nc(-c2ccccc2)cs1.[Ni]. The first-order valence-electron chi connectivity index (χ1n) is 12.4. The van der Waals surface area contributed by atoms with Crippen LogP contribution < -0.4 is 10.6 Å². The van der Waals surface area contributed by atoms with E-state index in [1.807, 2.05) is 83.6 Å². The predicted molar refractivity (Wildman–Crippen MR) is 165 cm³/mol. The van der Waals surface area contributed by atoms with Gasteiger partial charge in [0, 0.05) is 61.9 Å². The van der Waals surface area contributed by atoms with Crippen LogP contribution in [0.4, 0.5) is 10.3 Å². The van der Waals surface area contributed by atoms with Crippen molar-refractivity contribution in [1.29, 1.82) is 0 Å². The van der Waals surface area contributed by atoms with E-state index in [1.54, 1.807) is 48.9 Å². The van der Waals surface area contributed by atoms with E-state index in [9.17, 15) is 9.59 Å². The minimum Gasteiger partial charge on any atom is -0.337 e. The van der Waals surface area contributed by atoms with E-state index in [0.717, 1.165) is 32.8 Å². The minimum absolute atomic E-state index is 0. The fourth-order valence-electron chi connectivity index (χ4n) is 3.64. The van der Waals surface area contributed by atoms with Crippen molar-refractivity contribution in [3.8, 4) is 22.5 Å². The number of rotatable bonds is 6. The van der Waals surface area contributed by atoms with Crippen LogP contribution >= 0.6 is 22.7 Å². The largest absolute Gasteiger partial charge is 0.337 e. The van der Waals surface area contributed by atoms with Gasteiger partial charge in [0.05, 0.1) is 11.4 Å². The third kappa shape index (κ3) is 8.28. The quantitative estimate of drug-likeness (QED) is 0.171. The first-order valence-corrected chi connectivity index (χ1v) is 14.1. The summed E-state index contributed by atoms with van der Waals surface area (Å²) < 4.78 is 0. The maximum absolute atomic E-state index is 11.6. The number of carbonyl (C=O) groups is 2. The molecule has 2 heterocycles. The second-order valence-corrected chi connectivity index (χ2v) is 10.2. The third-order valence-corrected chi connectivity index (χ3v) is 7.23. The molecule has 0 atom stereocenters. The zero-order chi connectivity index (χ0) is 27.6. The summed E-state index contributed by atoms with van der Waals surface area (Å²) in [5.41, 5.74) is 5.29. The Bertz CT molecular complexity index is 1550. The molecule has 2 aromatic carbocycles. The average Bonchev–Trinajstić information content (AvgIpc) is 3.68. The van der Waals surface area contributed by atoms with Gasteiger partial charge in [-0.2, -0.15) is 0 Å². The van der Waals surface area contributed by atoms with Gasteiger partial charge in [0.25, 0.3) is 0 Å². The monoisotopic (exact) mass is 618 g/mol. The van der Waals surface area contributed by atoms with Crippen molar-refractivity contribution in [2.45, 2.75) is 0 Å². The fraction of sp³-hybridized carbons (Fsp3) is 0. The number of allylic oxidation sites excluding steroid dienone is 10. The predicted octanol–water partition coefficient (Wildman–Crippen LogP) is 7.60. The van der Waals surface area contributed by atoms with Crippen LogP contribution in [0, 0.1) is 0 Å². The number of benzene rings is 2. The standard InChI is InChI=1S/2C16H12N2OS.Ni/c2*19-15-9-5-4-8-13(15)10-17-16-18-14(11-20-16)12-6-2-1-3-7-12;/h2*1-11H,(H,17,18);/b2*13-10-;. The van der Waals surface area contributed by atoms with Gasteiger partial charge in [-0.15, -0.1) is 22.7 Å². The Morgan fingerprint density at radius 3 is 1.34 bits per heavy atom. The van der Waals surface area contributed by atoms with Crippen LogP contribution in [-0.2, 0) is 26.1 Å². The normalized spacial score (nSPS) is 15.4. The van der Waals surface area contributed by atoms with Crippen LogP contribution in [0.1, 0.15) is 0 Å². The molecule has 0 bridgehead atoms. The molecular formula is C32H24N4NiO2S2. The minimum atomic E-state index is -0.000149. The molecule has 2 aliphatic carbocycles. The first-order chi connectivity index (χ1) is 19.7. The second-order valence-electron chi connectivity index (χ2n) is 8.46. The van der Waals surface area contributed by atoms with Crippen molar-refractivity contribution in [1.82, 2.24) is 9.97 Å². The van der Waals surface area contributed by atoms with Crippen LogP contribution in [0.3, 0.4) is 0 Å². The molecule has 0 fully saturated rings. The molecule has 0 radical (unpaired) electrons. The summed E-state index contributed by atoms with van der Waals surface area (Å²) in [6.45, 7) is 0. The number of nitrogens with one attached hydrogen (secondary N) is 2. The number of hydrogen-bond acceptors (Lipinski definition) is 8. The van der Waals surface area contributed by atoms with Crippen LogP contribution in [0.25, 0.3) is 22.5 Å². The molecule has 0 aliphatic heterocycles. The van der Waals surface area contributed by atoms with Crippen molar-refractivity contribution in [3.63, 3.8) is 0 Å². The van der Waals surface area contributed by atoms with Crippen LogP contribution in [0.15, 0.2) is 144 Å². The number of anilines is 2. The summed E-state index contributed by atoms with van der Waals surface area (Å²) in [6.07, 6.45) is 17.2. The second kappa shape index (κ2) is 14.8. The number of hydrogen-bond donors (Lipinski definition) is 2. The summed E-state index contributed by atoms with van der Waals surface area (Å²) in [7, 11) is 0. The van der Waals surface area contributed by atoms with Gasteiger partial charge in [-0.3, -0.25) is 9.59 Å². The Balaban J connectivity index is 0.000000184. The molecular weight excluding hydrogens is 595 g/mol. The van der Waals surface area contributed by atoms with Crippen LogP contribution in [0.2, 0.25) is 0 Å². The molecule has 6 rings (SSSR count). The van der Waals surface area contributed by atoms with E-state index in [0.29, 0.717) is 11.1 Å². The van der Waals surface area contributed by atoms with E-state index < -0.39 is 0 Å². The van der Waals surface area contributed by atoms with Crippen molar-refractivity contribution in [2.24, 2.45) is 0 Å². The molecule has 2 aromatic heterocycles. The maximum atomic E-state index is 11.6. The van der Waals surface area contributed by atoms with Gasteiger partial charge in [-0.1, -0.05) is 85.0 Å². The van der Waals surface area contributed by atoms with Gasteiger partial charge in [0.2, 0.25) is 0 Å². The van der Waals surface area contributed by atoms with Gasteiger partial charge in [-0.05, 0) is 24.3 Å². The Morgan fingerprint density at radius 2 is 0.951 bits per heavy atom. The smallest absolute Gasteiger partial charge is 0.187 e. The zero-order valence-corrected chi connectivity index (χ0v) is 24.2. The van der Waals surface area contributed by atoms with E-state index in [1.165, 1.54) is 22.7 Å². The number of ketones is 2. The number of thiazole rings is 2. The van der Waals surface area contributed by atoms with Gasteiger partial charge < -0.3 is 10.6 Å². The number of aromatic nitrogens is 2. The summed E-state index contributed by atoms with van der Waals surface area (Å²) >= 11 is 3.03. The van der Waals surface area contributed by atoms with Gasteiger partial charge in [-0.25, -0.2) is 9.97 Å². The Hall–Kier alpha value is -4.43. The molecule has 0 spiro atoms. The van der Waals surface area contributed by atoms with E-state index in [2.05, 4.69) is 20.6 Å². The Kier molecular flexibility index (Phi) is 10.7. The van der Waals surface area contributed by atoms with Gasteiger partial charge >= 0.3 is 0 Å². The fourth-order valence-corrected chi connectivity index (χ4v) is 5.02. The number of nitrogens with zero attached hydrogens (tertiary/aromatic N) is 2. The van der Waals surface area contributed by atoms with E-state index in [-0.39, 0.29) is 28.1 Å². The molecule has 9 heteroatoms. The zero-order valence-electron chi connectivity index (χ0n) is 21.5. The molecule has 4 aromatic rings. The van der Waals surface area contributed by atoms with E-state index in [4.69, 9.17) is 0 Å². The van der Waals surface area contributed by atoms with Crippen molar-refractivity contribution in [2.75, 3.05) is 10.6 Å². The topological polar surface area (TPSA) is 84.0 Å². The van der Waals surface area contributed by atoms with Crippen molar-refractivity contribution >= 4 is 44.5 Å². The van der Waals surface area contributed by atoms with Gasteiger partial charge in [0.15, 0.2) is 21.8 Å². The summed E-state index contributed by atoms with van der Waals surface area (Å²) in [6, 6.07) is 20.0. The first kappa shape index (κ1) is 29.6. The maximum Gasteiger partial charge on any atom is 0.187 e. The molecule has 0 saturated carbocycles. The summed E-state index contributed by atoms with van der Waals surface area (Å²) in [5, 5.41) is 11.7. The molecule has 206 valence electrons. The van der Waals surface area contributed by atoms with Crippen LogP contribution in [0.5, 0.6) is 0 Å². The summed E-state index contributed by atoms with van der Waals surface area (Å²) in [4.78, 5) is 32.2. The molecule has 2 N–H and O–H groups in total. The van der Waals surface area contributed by atoms with Crippen molar-refractivity contribution < 1.29 is 26.1 Å². The summed E-state index contributed by atoms with van der Waals surface area (Å²) in [5.74, 6) is -0.000298. The molecule has 41 heavy (non-hydrogen) atoms. The van der Waals surface area contributed by atoms with Gasteiger partial charge in [0.1, 0.15) is 0 Å². The Labute approximate surface area is 256 Å². The molecule has 0 amide bonds. The number of carbonyl (C=O) groups excluding carboxylic acids is 2. The molecule has 6 nitrogen and oxygen atoms in total. The Morgan fingerprint density at radius 1 is 0.561 bits per heavy atom. The molecule has 0 unspecified atom stereocenters. The molecule has 0 saturated heterocycles.